The van der Waals surface area contributed by atoms with Crippen LogP contribution in [0.2, 0.25) is 0 Å². The van der Waals surface area contributed by atoms with Gasteiger partial charge in [-0.15, -0.1) is 0 Å². The number of nitrogens with two attached hydrogens (primary N) is 1. The number of aliphatic carboxylic acids is 1. The van der Waals surface area contributed by atoms with E-state index < -0.39 is 24.9 Å². The van der Waals surface area contributed by atoms with Crippen LogP contribution in [0, 0.1) is 0 Å². The average molecular weight is 432 g/mol. The van der Waals surface area contributed by atoms with Crippen LogP contribution in [0.1, 0.15) is 103 Å². The summed E-state index contributed by atoms with van der Waals surface area (Å²) in [6.45, 7) is 1.48. The second-order valence-electron chi connectivity index (χ2n) is 7.71. The van der Waals surface area contributed by atoms with E-state index in [1.165, 1.54) is 57.8 Å². The Morgan fingerprint density at radius 3 is 1.70 bits per heavy atom. The Morgan fingerprint density at radius 1 is 0.833 bits per heavy atom. The highest BCUT2D eigenvalue weighted by atomic mass is 16.5. The molecule has 0 saturated carbocycles. The first-order valence-electron chi connectivity index (χ1n) is 11.5. The fourth-order valence-electron chi connectivity index (χ4n) is 2.86. The van der Waals surface area contributed by atoms with Crippen molar-refractivity contribution in [2.24, 2.45) is 5.73 Å². The molecule has 6 N–H and O–H groups in total. The van der Waals surface area contributed by atoms with E-state index in [0.29, 0.717) is 6.42 Å². The SMILES string of the molecule is CCCCCCCCC=CCCCCCCCC(=O)CC(N)C(O)O.O=C(O)CO. The van der Waals surface area contributed by atoms with Crippen LogP contribution >= 0.6 is 0 Å². The fourth-order valence-corrected chi connectivity index (χ4v) is 2.86. The number of allylic oxidation sites excluding steroid dienone is 2. The van der Waals surface area contributed by atoms with Crippen molar-refractivity contribution in [2.75, 3.05) is 6.61 Å². The molecule has 7 nitrogen and oxygen atoms in total. The van der Waals surface area contributed by atoms with E-state index in [-0.39, 0.29) is 12.2 Å². The minimum Gasteiger partial charge on any atom is -0.480 e. The van der Waals surface area contributed by atoms with Crippen LogP contribution in [0.4, 0.5) is 0 Å². The van der Waals surface area contributed by atoms with Gasteiger partial charge in [0.15, 0.2) is 6.29 Å². The van der Waals surface area contributed by atoms with Crippen molar-refractivity contribution in [3.63, 3.8) is 0 Å². The van der Waals surface area contributed by atoms with Gasteiger partial charge in [0, 0.05) is 12.8 Å². The highest BCUT2D eigenvalue weighted by Crippen LogP contribution is 2.11. The molecule has 0 saturated heterocycles. The molecule has 0 aromatic rings. The number of aliphatic hydroxyl groups excluding tert-OH is 2. The first kappa shape index (κ1) is 30.9. The molecule has 0 bridgehead atoms. The molecule has 7 heteroatoms. The third kappa shape index (κ3) is 26.7. The number of aliphatic hydroxyl groups is 3. The Bertz CT molecular complexity index is 426. The molecular formula is C23H45NO6. The molecule has 1 atom stereocenters. The summed E-state index contributed by atoms with van der Waals surface area (Å²) in [6, 6.07) is -0.851. The monoisotopic (exact) mass is 431 g/mol. The van der Waals surface area contributed by atoms with Gasteiger partial charge in [-0.05, 0) is 32.1 Å². The number of hydrogen-bond donors (Lipinski definition) is 5. The van der Waals surface area contributed by atoms with Crippen molar-refractivity contribution in [3.05, 3.63) is 12.2 Å². The summed E-state index contributed by atoms with van der Waals surface area (Å²) in [6.07, 6.45) is 19.7. The van der Waals surface area contributed by atoms with Crippen molar-refractivity contribution in [2.45, 2.75) is 116 Å². The lowest BCUT2D eigenvalue weighted by molar-refractivity contribution is -0.140. The van der Waals surface area contributed by atoms with E-state index in [1.54, 1.807) is 0 Å². The zero-order valence-corrected chi connectivity index (χ0v) is 18.8. The third-order valence-electron chi connectivity index (χ3n) is 4.70. The number of unbranched alkanes of at least 4 members (excludes halogenated alkanes) is 11. The Labute approximate surface area is 182 Å². The summed E-state index contributed by atoms with van der Waals surface area (Å²) < 4.78 is 0. The minimum absolute atomic E-state index is 0.0261. The summed E-state index contributed by atoms with van der Waals surface area (Å²) in [5.41, 5.74) is 5.45. The molecule has 1 unspecified atom stereocenters. The molecular weight excluding hydrogens is 386 g/mol. The van der Waals surface area contributed by atoms with Gasteiger partial charge in [-0.1, -0.05) is 70.4 Å². The molecule has 0 amide bonds. The number of Topliss-reactive ketones (excluding diaryl/α,β-unsaturated/α-hetero) is 1. The van der Waals surface area contributed by atoms with Gasteiger partial charge in [0.05, 0.1) is 6.04 Å². The lowest BCUT2D eigenvalue weighted by atomic mass is 10.0. The molecule has 0 aliphatic carbocycles. The number of carboxylic acids is 1. The van der Waals surface area contributed by atoms with Gasteiger partial charge in [0.1, 0.15) is 12.4 Å². The highest BCUT2D eigenvalue weighted by molar-refractivity contribution is 5.78. The van der Waals surface area contributed by atoms with Crippen LogP contribution in [0.15, 0.2) is 12.2 Å². The Kier molecular flexibility index (Phi) is 24.7. The minimum atomic E-state index is -1.60. The molecule has 0 heterocycles. The summed E-state index contributed by atoms with van der Waals surface area (Å²) in [7, 11) is 0. The summed E-state index contributed by atoms with van der Waals surface area (Å²) in [4.78, 5) is 20.7. The maximum atomic E-state index is 11.6. The zero-order chi connectivity index (χ0) is 23.0. The van der Waals surface area contributed by atoms with Crippen LogP contribution < -0.4 is 5.73 Å². The number of rotatable bonds is 19. The van der Waals surface area contributed by atoms with E-state index in [1.807, 2.05) is 0 Å². The Morgan fingerprint density at radius 2 is 1.27 bits per heavy atom. The van der Waals surface area contributed by atoms with Gasteiger partial charge in [-0.25, -0.2) is 4.79 Å². The highest BCUT2D eigenvalue weighted by Gasteiger charge is 2.15. The molecule has 178 valence electrons. The van der Waals surface area contributed by atoms with Crippen LogP contribution in [0.5, 0.6) is 0 Å². The van der Waals surface area contributed by atoms with Crippen LogP contribution in [-0.2, 0) is 9.59 Å². The Balaban J connectivity index is 0. The Hall–Kier alpha value is -1.28. The van der Waals surface area contributed by atoms with Gasteiger partial charge in [0.25, 0.3) is 0 Å². The van der Waals surface area contributed by atoms with Gasteiger partial charge < -0.3 is 26.2 Å². The summed E-state index contributed by atoms with van der Waals surface area (Å²) >= 11 is 0. The largest absolute Gasteiger partial charge is 0.480 e. The molecule has 0 rings (SSSR count). The smallest absolute Gasteiger partial charge is 0.329 e. The number of carbonyl (C=O) groups excluding carboxylic acids is 1. The molecule has 30 heavy (non-hydrogen) atoms. The summed E-state index contributed by atoms with van der Waals surface area (Å²) in [5.74, 6) is -1.16. The first-order chi connectivity index (χ1) is 14.3. The quantitative estimate of drug-likeness (QED) is 0.119. The van der Waals surface area contributed by atoms with E-state index >= 15 is 0 Å². The van der Waals surface area contributed by atoms with Gasteiger partial charge in [-0.3, -0.25) is 4.79 Å². The molecule has 0 aliphatic heterocycles. The average Bonchev–Trinajstić information content (AvgIpc) is 2.71. The van der Waals surface area contributed by atoms with Crippen LogP contribution in [0.3, 0.4) is 0 Å². The first-order valence-corrected chi connectivity index (χ1v) is 11.5. The second kappa shape index (κ2) is 24.0. The molecule has 0 aromatic carbocycles. The lowest BCUT2D eigenvalue weighted by Gasteiger charge is -2.12. The van der Waals surface area contributed by atoms with Gasteiger partial charge >= 0.3 is 5.97 Å². The predicted octanol–water partition coefficient (Wildman–Crippen LogP) is 3.68. The van der Waals surface area contributed by atoms with E-state index in [4.69, 9.17) is 31.0 Å². The topological polar surface area (TPSA) is 141 Å². The third-order valence-corrected chi connectivity index (χ3v) is 4.70. The normalized spacial score (nSPS) is 12.1. The van der Waals surface area contributed by atoms with Crippen LogP contribution in [-0.4, -0.2) is 51.1 Å². The van der Waals surface area contributed by atoms with Crippen molar-refractivity contribution < 1.29 is 30.0 Å². The molecule has 0 aliphatic rings. The lowest BCUT2D eigenvalue weighted by Crippen LogP contribution is -2.36. The molecule has 0 fully saturated rings. The maximum Gasteiger partial charge on any atom is 0.329 e. The van der Waals surface area contributed by atoms with Crippen LogP contribution in [0.25, 0.3) is 0 Å². The van der Waals surface area contributed by atoms with E-state index in [0.717, 1.165) is 25.7 Å². The summed E-state index contributed by atoms with van der Waals surface area (Å²) in [5, 5.41) is 32.7. The molecule has 0 radical (unpaired) electrons. The second-order valence-corrected chi connectivity index (χ2v) is 7.71. The zero-order valence-electron chi connectivity index (χ0n) is 18.8. The van der Waals surface area contributed by atoms with E-state index in [2.05, 4.69) is 19.1 Å². The molecule has 0 spiro atoms. The standard InChI is InChI=1S/C21H41NO3.C2H4O3/c1-2-3-4-5-6-7-8-9-10-11-12-13-14-15-16-17-19(23)18-20(22)21(24)25;3-1-2(4)5/h9-10,20-21,24-25H,2-8,11-18,22H2,1H3;3H,1H2,(H,4,5). The number of hydrogen-bond acceptors (Lipinski definition) is 6. The predicted molar refractivity (Wildman–Crippen MR) is 120 cm³/mol. The fraction of sp³-hybridized carbons (Fsp3) is 0.826. The van der Waals surface area contributed by atoms with Crippen molar-refractivity contribution in [1.29, 1.82) is 0 Å². The number of ketones is 1. The van der Waals surface area contributed by atoms with Crippen molar-refractivity contribution >= 4 is 11.8 Å². The van der Waals surface area contributed by atoms with Gasteiger partial charge in [0.2, 0.25) is 0 Å². The molecule has 0 aromatic heterocycles. The number of carboxylic acid groups (broad SMARTS) is 1. The van der Waals surface area contributed by atoms with E-state index in [9.17, 15) is 4.79 Å². The maximum absolute atomic E-state index is 11.6. The van der Waals surface area contributed by atoms with Crippen molar-refractivity contribution in [3.8, 4) is 0 Å². The van der Waals surface area contributed by atoms with Gasteiger partial charge in [-0.2, -0.15) is 0 Å². The van der Waals surface area contributed by atoms with Crippen molar-refractivity contribution in [1.82, 2.24) is 0 Å². The number of carbonyl (C=O) groups is 2.